The molecule has 0 aliphatic heterocycles. The first kappa shape index (κ1) is 14.7. The maximum atomic E-state index is 11.6. The molecule has 0 aliphatic rings. The predicted octanol–water partition coefficient (Wildman–Crippen LogP) is 3.96. The van der Waals surface area contributed by atoms with Crippen LogP contribution in [0, 0.1) is 10.1 Å². The molecule has 0 aliphatic carbocycles. The molecule has 0 aromatic heterocycles. The summed E-state index contributed by atoms with van der Waals surface area (Å²) in [5, 5.41) is 11.0. The van der Waals surface area contributed by atoms with Gasteiger partial charge in [0.15, 0.2) is 5.78 Å². The van der Waals surface area contributed by atoms with E-state index in [4.69, 9.17) is 0 Å². The third-order valence-electron chi connectivity index (χ3n) is 3.25. The van der Waals surface area contributed by atoms with E-state index in [-0.39, 0.29) is 17.0 Å². The SMILES string of the molecule is CCN(c1ccccc1)c1ccc([N+](=O)[O-])c(C(C)=O)c1. The van der Waals surface area contributed by atoms with Gasteiger partial charge in [-0.05, 0) is 38.1 Å². The summed E-state index contributed by atoms with van der Waals surface area (Å²) in [6.45, 7) is 4.02. The Morgan fingerprint density at radius 3 is 2.33 bits per heavy atom. The van der Waals surface area contributed by atoms with Gasteiger partial charge in [0.05, 0.1) is 10.5 Å². The average molecular weight is 284 g/mol. The number of ketones is 1. The van der Waals surface area contributed by atoms with Crippen LogP contribution in [0.2, 0.25) is 0 Å². The van der Waals surface area contributed by atoms with Gasteiger partial charge in [-0.1, -0.05) is 18.2 Å². The number of rotatable bonds is 5. The van der Waals surface area contributed by atoms with E-state index >= 15 is 0 Å². The first-order valence-corrected chi connectivity index (χ1v) is 6.66. The zero-order valence-corrected chi connectivity index (χ0v) is 11.9. The normalized spacial score (nSPS) is 10.2. The number of anilines is 2. The highest BCUT2D eigenvalue weighted by Gasteiger charge is 2.19. The van der Waals surface area contributed by atoms with Crippen LogP contribution in [0.5, 0.6) is 0 Å². The van der Waals surface area contributed by atoms with Crippen molar-refractivity contribution < 1.29 is 9.72 Å². The van der Waals surface area contributed by atoms with Gasteiger partial charge in [0.1, 0.15) is 0 Å². The molecule has 2 aromatic rings. The summed E-state index contributed by atoms with van der Waals surface area (Å²) in [5.41, 5.74) is 1.71. The van der Waals surface area contributed by atoms with E-state index in [0.717, 1.165) is 11.4 Å². The smallest absolute Gasteiger partial charge is 0.280 e. The van der Waals surface area contributed by atoms with E-state index in [1.54, 1.807) is 12.1 Å². The Labute approximate surface area is 123 Å². The Morgan fingerprint density at radius 1 is 1.14 bits per heavy atom. The minimum Gasteiger partial charge on any atom is -0.342 e. The molecule has 2 aromatic carbocycles. The summed E-state index contributed by atoms with van der Waals surface area (Å²) in [7, 11) is 0. The van der Waals surface area contributed by atoms with Crippen molar-refractivity contribution in [2.45, 2.75) is 13.8 Å². The van der Waals surface area contributed by atoms with E-state index in [2.05, 4.69) is 0 Å². The summed E-state index contributed by atoms with van der Waals surface area (Å²) in [6.07, 6.45) is 0. The molecule has 5 nitrogen and oxygen atoms in total. The van der Waals surface area contributed by atoms with Crippen LogP contribution in [0.1, 0.15) is 24.2 Å². The second-order valence-corrected chi connectivity index (χ2v) is 4.59. The van der Waals surface area contributed by atoms with Crippen molar-refractivity contribution in [2.75, 3.05) is 11.4 Å². The highest BCUT2D eigenvalue weighted by molar-refractivity contribution is 5.99. The van der Waals surface area contributed by atoms with Crippen molar-refractivity contribution in [1.29, 1.82) is 0 Å². The average Bonchev–Trinajstić information content (AvgIpc) is 2.48. The molecule has 0 saturated heterocycles. The maximum Gasteiger partial charge on any atom is 0.280 e. The van der Waals surface area contributed by atoms with E-state index in [9.17, 15) is 14.9 Å². The summed E-state index contributed by atoms with van der Waals surface area (Å²) in [5.74, 6) is -0.312. The van der Waals surface area contributed by atoms with Crippen LogP contribution in [0.15, 0.2) is 48.5 Å². The van der Waals surface area contributed by atoms with Gasteiger partial charge in [-0.2, -0.15) is 0 Å². The fourth-order valence-corrected chi connectivity index (χ4v) is 2.26. The molecule has 0 amide bonds. The molecule has 0 radical (unpaired) electrons. The fraction of sp³-hybridized carbons (Fsp3) is 0.188. The summed E-state index contributed by atoms with van der Waals surface area (Å²) in [6, 6.07) is 14.3. The lowest BCUT2D eigenvalue weighted by Gasteiger charge is -2.23. The van der Waals surface area contributed by atoms with Crippen molar-refractivity contribution in [3.63, 3.8) is 0 Å². The summed E-state index contributed by atoms with van der Waals surface area (Å²) < 4.78 is 0. The van der Waals surface area contributed by atoms with Crippen LogP contribution in [-0.2, 0) is 0 Å². The molecular weight excluding hydrogens is 268 g/mol. The highest BCUT2D eigenvalue weighted by atomic mass is 16.6. The fourth-order valence-electron chi connectivity index (χ4n) is 2.26. The Morgan fingerprint density at radius 2 is 1.81 bits per heavy atom. The Kier molecular flexibility index (Phi) is 4.33. The molecule has 2 rings (SSSR count). The van der Waals surface area contributed by atoms with Crippen molar-refractivity contribution >= 4 is 22.8 Å². The van der Waals surface area contributed by atoms with Crippen molar-refractivity contribution in [3.05, 3.63) is 64.2 Å². The molecule has 108 valence electrons. The monoisotopic (exact) mass is 284 g/mol. The third-order valence-corrected chi connectivity index (χ3v) is 3.25. The Hall–Kier alpha value is -2.69. The van der Waals surface area contributed by atoms with Crippen LogP contribution in [0.4, 0.5) is 17.1 Å². The van der Waals surface area contributed by atoms with Crippen LogP contribution in [-0.4, -0.2) is 17.3 Å². The second-order valence-electron chi connectivity index (χ2n) is 4.59. The van der Waals surface area contributed by atoms with E-state index in [1.165, 1.54) is 13.0 Å². The first-order valence-electron chi connectivity index (χ1n) is 6.66. The van der Waals surface area contributed by atoms with E-state index in [1.807, 2.05) is 42.2 Å². The molecule has 0 fully saturated rings. The number of carbonyl (C=O) groups excluding carboxylic acids is 1. The number of Topliss-reactive ketones (excluding diaryl/α,β-unsaturated/α-hetero) is 1. The maximum absolute atomic E-state index is 11.6. The lowest BCUT2D eigenvalue weighted by molar-refractivity contribution is -0.385. The zero-order chi connectivity index (χ0) is 15.4. The van der Waals surface area contributed by atoms with Gasteiger partial charge < -0.3 is 4.90 Å². The Balaban J connectivity index is 2.51. The lowest BCUT2D eigenvalue weighted by Crippen LogP contribution is -2.16. The Bertz CT molecular complexity index is 668. The van der Waals surface area contributed by atoms with Crippen LogP contribution >= 0.6 is 0 Å². The van der Waals surface area contributed by atoms with Crippen molar-refractivity contribution in [1.82, 2.24) is 0 Å². The van der Waals surface area contributed by atoms with Gasteiger partial charge in [-0.15, -0.1) is 0 Å². The van der Waals surface area contributed by atoms with Crippen LogP contribution in [0.25, 0.3) is 0 Å². The number of nitrogens with zero attached hydrogens (tertiary/aromatic N) is 2. The molecule has 0 atom stereocenters. The molecule has 0 N–H and O–H groups in total. The molecule has 0 spiro atoms. The summed E-state index contributed by atoms with van der Waals surface area (Å²) >= 11 is 0. The van der Waals surface area contributed by atoms with Crippen LogP contribution in [0.3, 0.4) is 0 Å². The van der Waals surface area contributed by atoms with Gasteiger partial charge in [0.25, 0.3) is 5.69 Å². The molecule has 0 heterocycles. The van der Waals surface area contributed by atoms with E-state index in [0.29, 0.717) is 6.54 Å². The largest absolute Gasteiger partial charge is 0.342 e. The second kappa shape index (κ2) is 6.17. The standard InChI is InChI=1S/C16H16N2O3/c1-3-17(13-7-5-4-6-8-13)14-9-10-16(18(20)21)15(11-14)12(2)19/h4-11H,3H2,1-2H3. The minimum absolute atomic E-state index is 0.131. The predicted molar refractivity (Wildman–Crippen MR) is 82.2 cm³/mol. The lowest BCUT2D eigenvalue weighted by atomic mass is 10.1. The quantitative estimate of drug-likeness (QED) is 0.473. The van der Waals surface area contributed by atoms with Gasteiger partial charge in [-0.25, -0.2) is 0 Å². The molecule has 21 heavy (non-hydrogen) atoms. The number of carbonyl (C=O) groups is 1. The van der Waals surface area contributed by atoms with Gasteiger partial charge >= 0.3 is 0 Å². The minimum atomic E-state index is -0.528. The van der Waals surface area contributed by atoms with Crippen molar-refractivity contribution in [2.24, 2.45) is 0 Å². The number of nitro groups is 1. The number of benzene rings is 2. The number of para-hydroxylation sites is 1. The molecule has 5 heteroatoms. The summed E-state index contributed by atoms with van der Waals surface area (Å²) in [4.78, 5) is 24.1. The number of nitro benzene ring substituents is 1. The molecule has 0 unspecified atom stereocenters. The number of hydrogen-bond acceptors (Lipinski definition) is 4. The van der Waals surface area contributed by atoms with Gasteiger partial charge in [0.2, 0.25) is 0 Å². The van der Waals surface area contributed by atoms with E-state index < -0.39 is 4.92 Å². The highest BCUT2D eigenvalue weighted by Crippen LogP contribution is 2.30. The third kappa shape index (κ3) is 3.08. The molecule has 0 bridgehead atoms. The first-order chi connectivity index (χ1) is 10.0. The van der Waals surface area contributed by atoms with Gasteiger partial charge in [0, 0.05) is 24.0 Å². The zero-order valence-electron chi connectivity index (χ0n) is 11.9. The van der Waals surface area contributed by atoms with Crippen molar-refractivity contribution in [3.8, 4) is 0 Å². The topological polar surface area (TPSA) is 63.4 Å². The van der Waals surface area contributed by atoms with Crippen LogP contribution < -0.4 is 4.90 Å². The molecule has 0 saturated carbocycles. The molecular formula is C16H16N2O3. The number of hydrogen-bond donors (Lipinski definition) is 0. The van der Waals surface area contributed by atoms with Gasteiger partial charge in [-0.3, -0.25) is 14.9 Å².